The molecule has 8 heteroatoms. The molecule has 16 heavy (non-hydrogen) atoms. The number of rotatable bonds is 10. The molecule has 0 unspecified atom stereocenters. The van der Waals surface area contributed by atoms with Gasteiger partial charge < -0.3 is 15.2 Å². The van der Waals surface area contributed by atoms with E-state index in [1.807, 2.05) is 0 Å². The van der Waals surface area contributed by atoms with Gasteiger partial charge in [0.2, 0.25) is 0 Å². The Labute approximate surface area is 97.1 Å². The summed E-state index contributed by atoms with van der Waals surface area (Å²) in [5, 5.41) is 0. The van der Waals surface area contributed by atoms with Gasteiger partial charge in [0.25, 0.3) is 10.2 Å². The van der Waals surface area contributed by atoms with Gasteiger partial charge in [0.1, 0.15) is 0 Å². The van der Waals surface area contributed by atoms with Crippen molar-refractivity contribution in [1.29, 1.82) is 0 Å². The fourth-order valence-electron chi connectivity index (χ4n) is 1.05. The van der Waals surface area contributed by atoms with E-state index in [9.17, 15) is 8.42 Å². The Morgan fingerprint density at radius 1 is 1.19 bits per heavy atom. The van der Waals surface area contributed by atoms with Crippen LogP contribution in [0.15, 0.2) is 0 Å². The minimum absolute atomic E-state index is 0.243. The summed E-state index contributed by atoms with van der Waals surface area (Å²) in [6.07, 6.45) is 0. The van der Waals surface area contributed by atoms with Gasteiger partial charge in [-0.05, 0) is 0 Å². The zero-order valence-corrected chi connectivity index (χ0v) is 10.6. The average Bonchev–Trinajstić information content (AvgIpc) is 2.24. The second-order valence-electron chi connectivity index (χ2n) is 3.07. The van der Waals surface area contributed by atoms with Crippen molar-refractivity contribution in [3.05, 3.63) is 0 Å². The molecule has 0 aromatic carbocycles. The van der Waals surface area contributed by atoms with E-state index in [1.165, 1.54) is 18.5 Å². The van der Waals surface area contributed by atoms with E-state index in [4.69, 9.17) is 15.2 Å². The number of nitrogens with one attached hydrogen (secondary N) is 1. The van der Waals surface area contributed by atoms with Crippen molar-refractivity contribution in [3.8, 4) is 0 Å². The summed E-state index contributed by atoms with van der Waals surface area (Å²) in [5.41, 5.74) is 5.35. The zero-order valence-electron chi connectivity index (χ0n) is 9.81. The van der Waals surface area contributed by atoms with Gasteiger partial charge >= 0.3 is 0 Å². The van der Waals surface area contributed by atoms with Crippen LogP contribution in [0.5, 0.6) is 0 Å². The van der Waals surface area contributed by atoms with E-state index in [0.717, 1.165) is 0 Å². The molecular formula is C8H21N3O4S. The normalized spacial score (nSPS) is 12.2. The van der Waals surface area contributed by atoms with Crippen LogP contribution in [0.25, 0.3) is 0 Å². The number of ether oxygens (including phenoxy) is 2. The number of methoxy groups -OCH3 is 2. The topological polar surface area (TPSA) is 93.9 Å². The molecule has 0 rings (SSSR count). The molecule has 0 radical (unpaired) electrons. The van der Waals surface area contributed by atoms with Crippen molar-refractivity contribution in [2.45, 2.75) is 0 Å². The Morgan fingerprint density at radius 2 is 1.81 bits per heavy atom. The van der Waals surface area contributed by atoms with E-state index in [1.54, 1.807) is 0 Å². The van der Waals surface area contributed by atoms with Gasteiger partial charge in [-0.15, -0.1) is 0 Å². The van der Waals surface area contributed by atoms with E-state index in [-0.39, 0.29) is 26.2 Å². The molecule has 0 bridgehead atoms. The summed E-state index contributed by atoms with van der Waals surface area (Å²) in [7, 11) is -0.455. The minimum Gasteiger partial charge on any atom is -0.383 e. The van der Waals surface area contributed by atoms with Gasteiger partial charge in [-0.3, -0.25) is 0 Å². The summed E-state index contributed by atoms with van der Waals surface area (Å²) >= 11 is 0. The molecule has 0 aliphatic carbocycles. The molecule has 0 saturated carbocycles. The molecule has 0 amide bonds. The first-order valence-corrected chi connectivity index (χ1v) is 6.45. The second-order valence-corrected chi connectivity index (χ2v) is 4.83. The van der Waals surface area contributed by atoms with Crippen LogP contribution in [0.3, 0.4) is 0 Å². The summed E-state index contributed by atoms with van der Waals surface area (Å²) in [4.78, 5) is 0. The molecule has 0 fully saturated rings. The van der Waals surface area contributed by atoms with Crippen LogP contribution in [0, 0.1) is 0 Å². The predicted octanol–water partition coefficient (Wildman–Crippen LogP) is -1.63. The van der Waals surface area contributed by atoms with Gasteiger partial charge in [-0.2, -0.15) is 17.4 Å². The molecule has 0 aliphatic rings. The van der Waals surface area contributed by atoms with Crippen molar-refractivity contribution >= 4 is 10.2 Å². The maximum Gasteiger partial charge on any atom is 0.279 e. The molecule has 3 N–H and O–H groups in total. The maximum atomic E-state index is 11.7. The Bertz CT molecular complexity index is 258. The summed E-state index contributed by atoms with van der Waals surface area (Å²) in [6.45, 7) is 1.74. The van der Waals surface area contributed by atoms with Gasteiger partial charge in [-0.1, -0.05) is 0 Å². The van der Waals surface area contributed by atoms with Crippen LogP contribution in [0.4, 0.5) is 0 Å². The lowest BCUT2D eigenvalue weighted by Gasteiger charge is -2.21. The molecule has 0 aromatic rings. The van der Waals surface area contributed by atoms with E-state index in [0.29, 0.717) is 13.2 Å². The number of hydrogen-bond donors (Lipinski definition) is 2. The number of nitrogens with two attached hydrogens (primary N) is 1. The Kier molecular flexibility index (Phi) is 8.71. The molecule has 7 nitrogen and oxygen atoms in total. The third kappa shape index (κ3) is 6.36. The molecule has 0 heterocycles. The SMILES string of the molecule is COCCNS(=O)(=O)N(CCN)CCOC. The van der Waals surface area contributed by atoms with Crippen molar-refractivity contribution < 1.29 is 17.9 Å². The molecule has 0 aromatic heterocycles. The quantitative estimate of drug-likeness (QED) is 0.457. The molecule has 0 aliphatic heterocycles. The molecule has 0 atom stereocenters. The lowest BCUT2D eigenvalue weighted by Crippen LogP contribution is -2.45. The van der Waals surface area contributed by atoms with Crippen LogP contribution in [-0.4, -0.2) is 66.3 Å². The third-order valence-corrected chi connectivity index (χ3v) is 3.47. The van der Waals surface area contributed by atoms with Gasteiger partial charge in [0.15, 0.2) is 0 Å². The predicted molar refractivity (Wildman–Crippen MR) is 61.3 cm³/mol. The monoisotopic (exact) mass is 255 g/mol. The van der Waals surface area contributed by atoms with Crippen molar-refractivity contribution in [2.75, 3.05) is 53.6 Å². The van der Waals surface area contributed by atoms with Gasteiger partial charge in [0, 0.05) is 40.4 Å². The minimum atomic E-state index is -3.49. The first kappa shape index (κ1) is 15.8. The second kappa shape index (κ2) is 8.85. The summed E-state index contributed by atoms with van der Waals surface area (Å²) < 4.78 is 36.8. The average molecular weight is 255 g/mol. The first-order chi connectivity index (χ1) is 7.58. The third-order valence-electron chi connectivity index (χ3n) is 1.85. The molecular weight excluding hydrogens is 234 g/mol. The molecule has 98 valence electrons. The number of nitrogens with zero attached hydrogens (tertiary/aromatic N) is 1. The fourth-order valence-corrected chi connectivity index (χ4v) is 2.24. The highest BCUT2D eigenvalue weighted by Crippen LogP contribution is 1.96. The first-order valence-electron chi connectivity index (χ1n) is 5.01. The van der Waals surface area contributed by atoms with Crippen LogP contribution in [0.1, 0.15) is 0 Å². The lowest BCUT2D eigenvalue weighted by molar-refractivity contribution is 0.178. The summed E-state index contributed by atoms with van der Waals surface area (Å²) in [5.74, 6) is 0. The smallest absolute Gasteiger partial charge is 0.279 e. The fraction of sp³-hybridized carbons (Fsp3) is 1.00. The van der Waals surface area contributed by atoms with E-state index >= 15 is 0 Å². The lowest BCUT2D eigenvalue weighted by atomic mass is 10.6. The highest BCUT2D eigenvalue weighted by molar-refractivity contribution is 7.87. The van der Waals surface area contributed by atoms with Crippen molar-refractivity contribution in [3.63, 3.8) is 0 Å². The Hall–Kier alpha value is -0.250. The van der Waals surface area contributed by atoms with Crippen LogP contribution in [0.2, 0.25) is 0 Å². The Balaban J connectivity index is 4.25. The molecule has 0 spiro atoms. The van der Waals surface area contributed by atoms with Crippen molar-refractivity contribution in [2.24, 2.45) is 5.73 Å². The Morgan fingerprint density at radius 3 is 2.31 bits per heavy atom. The maximum absolute atomic E-state index is 11.7. The summed E-state index contributed by atoms with van der Waals surface area (Å²) in [6, 6.07) is 0. The van der Waals surface area contributed by atoms with Gasteiger partial charge in [-0.25, -0.2) is 0 Å². The van der Waals surface area contributed by atoms with Crippen LogP contribution in [-0.2, 0) is 19.7 Å². The van der Waals surface area contributed by atoms with E-state index < -0.39 is 10.2 Å². The number of hydrogen-bond acceptors (Lipinski definition) is 5. The van der Waals surface area contributed by atoms with Gasteiger partial charge in [0.05, 0.1) is 13.2 Å². The zero-order chi connectivity index (χ0) is 12.4. The van der Waals surface area contributed by atoms with Crippen LogP contribution >= 0.6 is 0 Å². The van der Waals surface area contributed by atoms with Crippen molar-refractivity contribution in [1.82, 2.24) is 9.03 Å². The standard InChI is InChI=1S/C8H21N3O4S/c1-14-7-4-10-16(12,13)11(5-3-9)6-8-15-2/h10H,3-9H2,1-2H3. The van der Waals surface area contributed by atoms with Crippen LogP contribution < -0.4 is 10.5 Å². The largest absolute Gasteiger partial charge is 0.383 e. The molecule has 0 saturated heterocycles. The highest BCUT2D eigenvalue weighted by Gasteiger charge is 2.19. The van der Waals surface area contributed by atoms with E-state index in [2.05, 4.69) is 4.72 Å². The highest BCUT2D eigenvalue weighted by atomic mass is 32.2.